The summed E-state index contributed by atoms with van der Waals surface area (Å²) in [6.45, 7) is 4.16. The second-order valence-corrected chi connectivity index (χ2v) is 8.53. The van der Waals surface area contributed by atoms with Crippen LogP contribution in [0.25, 0.3) is 0 Å². The number of carbonyl (C=O) groups is 1. The molecule has 0 saturated carbocycles. The normalized spacial score (nSPS) is 16.2. The number of rotatable bonds is 4. The van der Waals surface area contributed by atoms with Crippen LogP contribution in [0, 0.1) is 0 Å². The monoisotopic (exact) mass is 351 g/mol. The number of furan rings is 1. The summed E-state index contributed by atoms with van der Waals surface area (Å²) >= 11 is 0. The van der Waals surface area contributed by atoms with Crippen molar-refractivity contribution in [2.75, 3.05) is 5.75 Å². The summed E-state index contributed by atoms with van der Waals surface area (Å²) in [6.07, 6.45) is 1.93. The molecule has 0 aromatic carbocycles. The summed E-state index contributed by atoms with van der Waals surface area (Å²) in [6, 6.07) is 3.52. The van der Waals surface area contributed by atoms with Crippen molar-refractivity contribution in [1.29, 1.82) is 0 Å². The molecule has 2 aromatic heterocycles. The SMILES string of the molecule is CC(C)N(Cc1ccco1)C(=O)c1c2c(nn1C)CCS(=O)(=O)C2. The predicted octanol–water partition coefficient (Wildman–Crippen LogP) is 1.53. The molecule has 2 aromatic rings. The van der Waals surface area contributed by atoms with Gasteiger partial charge < -0.3 is 9.32 Å². The molecule has 1 aliphatic rings. The van der Waals surface area contributed by atoms with E-state index < -0.39 is 9.84 Å². The van der Waals surface area contributed by atoms with Crippen LogP contribution >= 0.6 is 0 Å². The van der Waals surface area contributed by atoms with Crippen molar-refractivity contribution in [3.63, 3.8) is 0 Å². The number of hydrogen-bond acceptors (Lipinski definition) is 5. The largest absolute Gasteiger partial charge is 0.467 e. The Hall–Kier alpha value is -2.09. The van der Waals surface area contributed by atoms with E-state index in [0.29, 0.717) is 35.7 Å². The smallest absolute Gasteiger partial charge is 0.273 e. The average Bonchev–Trinajstić information content (AvgIpc) is 3.09. The minimum Gasteiger partial charge on any atom is -0.467 e. The number of aryl methyl sites for hydroxylation is 2. The summed E-state index contributed by atoms with van der Waals surface area (Å²) in [5, 5.41) is 4.36. The first-order valence-electron chi connectivity index (χ1n) is 7.87. The summed E-state index contributed by atoms with van der Waals surface area (Å²) in [7, 11) is -1.49. The minimum absolute atomic E-state index is 0.0617. The van der Waals surface area contributed by atoms with E-state index in [2.05, 4.69) is 5.10 Å². The van der Waals surface area contributed by atoms with Crippen LogP contribution in [0.15, 0.2) is 22.8 Å². The number of sulfone groups is 1. The van der Waals surface area contributed by atoms with Crippen LogP contribution in [-0.4, -0.2) is 40.8 Å². The van der Waals surface area contributed by atoms with Crippen LogP contribution in [0.3, 0.4) is 0 Å². The molecule has 8 heteroatoms. The van der Waals surface area contributed by atoms with Crippen molar-refractivity contribution < 1.29 is 17.6 Å². The Morgan fingerprint density at radius 2 is 2.21 bits per heavy atom. The number of nitrogens with zero attached hydrogens (tertiary/aromatic N) is 3. The third kappa shape index (κ3) is 3.10. The lowest BCUT2D eigenvalue weighted by Crippen LogP contribution is -2.38. The fraction of sp³-hybridized carbons (Fsp3) is 0.500. The Bertz CT molecular complexity index is 850. The van der Waals surface area contributed by atoms with Gasteiger partial charge in [0.1, 0.15) is 11.5 Å². The van der Waals surface area contributed by atoms with Crippen molar-refractivity contribution >= 4 is 15.7 Å². The Kier molecular flexibility index (Phi) is 4.25. The topological polar surface area (TPSA) is 85.4 Å². The van der Waals surface area contributed by atoms with E-state index in [-0.39, 0.29) is 23.5 Å². The zero-order chi connectivity index (χ0) is 17.5. The van der Waals surface area contributed by atoms with E-state index in [9.17, 15) is 13.2 Å². The van der Waals surface area contributed by atoms with E-state index in [1.54, 1.807) is 24.3 Å². The quantitative estimate of drug-likeness (QED) is 0.834. The van der Waals surface area contributed by atoms with Gasteiger partial charge in [-0.1, -0.05) is 0 Å². The third-order valence-corrected chi connectivity index (χ3v) is 5.79. The zero-order valence-corrected chi connectivity index (χ0v) is 14.8. The van der Waals surface area contributed by atoms with Gasteiger partial charge in [-0.2, -0.15) is 5.10 Å². The van der Waals surface area contributed by atoms with E-state index in [1.165, 1.54) is 4.68 Å². The van der Waals surface area contributed by atoms with Gasteiger partial charge in [-0.25, -0.2) is 8.42 Å². The summed E-state index contributed by atoms with van der Waals surface area (Å²) < 4.78 is 30.8. The maximum atomic E-state index is 13.1. The Morgan fingerprint density at radius 3 is 2.83 bits per heavy atom. The molecule has 24 heavy (non-hydrogen) atoms. The Balaban J connectivity index is 1.98. The lowest BCUT2D eigenvalue weighted by Gasteiger charge is -2.26. The zero-order valence-electron chi connectivity index (χ0n) is 14.0. The van der Waals surface area contributed by atoms with Gasteiger partial charge in [-0.15, -0.1) is 0 Å². The van der Waals surface area contributed by atoms with Crippen LogP contribution in [-0.2, 0) is 35.6 Å². The molecule has 1 amide bonds. The number of fused-ring (bicyclic) bond motifs is 1. The van der Waals surface area contributed by atoms with Gasteiger partial charge in [0.15, 0.2) is 9.84 Å². The fourth-order valence-corrected chi connectivity index (χ4v) is 4.37. The molecule has 3 heterocycles. The molecule has 0 radical (unpaired) electrons. The molecular formula is C16H21N3O4S. The van der Waals surface area contributed by atoms with Gasteiger partial charge in [0.05, 0.1) is 30.0 Å². The van der Waals surface area contributed by atoms with Crippen LogP contribution in [0.5, 0.6) is 0 Å². The molecule has 0 N–H and O–H groups in total. The second kappa shape index (κ2) is 6.08. The lowest BCUT2D eigenvalue weighted by molar-refractivity contribution is 0.0663. The van der Waals surface area contributed by atoms with Crippen LogP contribution in [0.4, 0.5) is 0 Å². The molecule has 3 rings (SSSR count). The average molecular weight is 351 g/mol. The molecule has 0 atom stereocenters. The molecule has 0 unspecified atom stereocenters. The molecule has 0 bridgehead atoms. The van der Waals surface area contributed by atoms with Gasteiger partial charge in [0.2, 0.25) is 0 Å². The number of carbonyl (C=O) groups excluding carboxylic acids is 1. The fourth-order valence-electron chi connectivity index (χ4n) is 2.98. The summed E-state index contributed by atoms with van der Waals surface area (Å²) in [5.41, 5.74) is 1.60. The number of amides is 1. The first kappa shape index (κ1) is 16.8. The van der Waals surface area contributed by atoms with Crippen LogP contribution in [0.2, 0.25) is 0 Å². The van der Waals surface area contributed by atoms with E-state index in [0.717, 1.165) is 0 Å². The number of hydrogen-bond donors (Lipinski definition) is 0. The molecule has 0 saturated heterocycles. The van der Waals surface area contributed by atoms with Crippen molar-refractivity contribution in [3.05, 3.63) is 41.1 Å². The van der Waals surface area contributed by atoms with Crippen molar-refractivity contribution in [3.8, 4) is 0 Å². The van der Waals surface area contributed by atoms with E-state index in [4.69, 9.17) is 4.42 Å². The highest BCUT2D eigenvalue weighted by Crippen LogP contribution is 2.25. The van der Waals surface area contributed by atoms with Crippen molar-refractivity contribution in [1.82, 2.24) is 14.7 Å². The number of aromatic nitrogens is 2. The van der Waals surface area contributed by atoms with Gasteiger partial charge in [-0.05, 0) is 26.0 Å². The predicted molar refractivity (Wildman–Crippen MR) is 88.1 cm³/mol. The van der Waals surface area contributed by atoms with E-state index >= 15 is 0 Å². The first-order valence-corrected chi connectivity index (χ1v) is 9.69. The molecule has 130 valence electrons. The van der Waals surface area contributed by atoms with Gasteiger partial charge >= 0.3 is 0 Å². The summed E-state index contributed by atoms with van der Waals surface area (Å²) in [5.74, 6) is 0.421. The van der Waals surface area contributed by atoms with Crippen LogP contribution in [0.1, 0.15) is 41.4 Å². The molecule has 0 fully saturated rings. The Labute approximate surface area is 141 Å². The van der Waals surface area contributed by atoms with Gasteiger partial charge in [-0.3, -0.25) is 9.48 Å². The lowest BCUT2D eigenvalue weighted by atomic mass is 10.1. The van der Waals surface area contributed by atoms with Crippen molar-refractivity contribution in [2.45, 2.75) is 38.6 Å². The third-order valence-electron chi connectivity index (χ3n) is 4.24. The minimum atomic E-state index is -3.18. The molecule has 0 spiro atoms. The maximum absolute atomic E-state index is 13.1. The summed E-state index contributed by atoms with van der Waals surface area (Å²) in [4.78, 5) is 14.8. The molecule has 7 nitrogen and oxygen atoms in total. The van der Waals surface area contributed by atoms with Crippen molar-refractivity contribution in [2.24, 2.45) is 7.05 Å². The maximum Gasteiger partial charge on any atom is 0.273 e. The second-order valence-electron chi connectivity index (χ2n) is 6.35. The first-order chi connectivity index (χ1) is 11.3. The highest BCUT2D eigenvalue weighted by atomic mass is 32.2. The van der Waals surface area contributed by atoms with Gasteiger partial charge in [0, 0.05) is 25.1 Å². The van der Waals surface area contributed by atoms with Gasteiger partial charge in [0.25, 0.3) is 5.91 Å². The van der Waals surface area contributed by atoms with E-state index in [1.807, 2.05) is 19.9 Å². The molecular weight excluding hydrogens is 330 g/mol. The highest BCUT2D eigenvalue weighted by Gasteiger charge is 2.33. The molecule has 1 aliphatic heterocycles. The van der Waals surface area contributed by atoms with Crippen LogP contribution < -0.4 is 0 Å². The Morgan fingerprint density at radius 1 is 1.46 bits per heavy atom. The molecule has 0 aliphatic carbocycles. The highest BCUT2D eigenvalue weighted by molar-refractivity contribution is 7.90. The standard InChI is InChI=1S/C16H21N3O4S/c1-11(2)19(9-12-5-4-7-23-12)16(20)15-13-10-24(21,22)8-6-14(13)17-18(15)3/h4-5,7,11H,6,8-10H2,1-3H3.